The van der Waals surface area contributed by atoms with Crippen LogP contribution in [-0.4, -0.2) is 46.9 Å². The van der Waals surface area contributed by atoms with Crippen LogP contribution in [0.25, 0.3) is 0 Å². The number of likely N-dealkylation sites (tertiary alicyclic amines) is 1. The normalized spacial score (nSPS) is 20.8. The minimum absolute atomic E-state index is 0.000410. The van der Waals surface area contributed by atoms with Gasteiger partial charge in [0.05, 0.1) is 11.6 Å². The number of rotatable bonds is 5. The van der Waals surface area contributed by atoms with Gasteiger partial charge in [-0.3, -0.25) is 14.4 Å². The highest BCUT2D eigenvalue weighted by molar-refractivity contribution is 6.32. The van der Waals surface area contributed by atoms with E-state index in [1.54, 1.807) is 17.0 Å². The Balaban J connectivity index is 1.47. The fourth-order valence-electron chi connectivity index (χ4n) is 3.38. The van der Waals surface area contributed by atoms with Crippen molar-refractivity contribution in [1.82, 2.24) is 9.88 Å². The molecule has 2 amide bonds. The summed E-state index contributed by atoms with van der Waals surface area (Å²) in [6.45, 7) is -0.0312. The first-order chi connectivity index (χ1) is 12.0. The second-order valence-electron chi connectivity index (χ2n) is 6.38. The lowest BCUT2D eigenvalue weighted by atomic mass is 10.1. The highest BCUT2D eigenvalue weighted by Gasteiger charge is 2.39. The maximum atomic E-state index is 12.2. The Morgan fingerprint density at radius 2 is 2.12 bits per heavy atom. The molecule has 7 nitrogen and oxygen atoms in total. The summed E-state index contributed by atoms with van der Waals surface area (Å²) in [5, 5.41) is 2.69. The molecule has 0 unspecified atom stereocenters. The predicted molar refractivity (Wildman–Crippen MR) is 90.9 cm³/mol. The van der Waals surface area contributed by atoms with Crippen molar-refractivity contribution in [1.29, 1.82) is 0 Å². The minimum atomic E-state index is -0.513. The molecule has 0 radical (unpaired) electrons. The van der Waals surface area contributed by atoms with Gasteiger partial charge in [0, 0.05) is 25.2 Å². The first-order valence-corrected chi connectivity index (χ1v) is 8.79. The van der Waals surface area contributed by atoms with E-state index in [1.165, 1.54) is 6.20 Å². The molecule has 8 heteroatoms. The summed E-state index contributed by atoms with van der Waals surface area (Å²) in [5.74, 6) is -1.51. The second kappa shape index (κ2) is 7.82. The van der Waals surface area contributed by atoms with Gasteiger partial charge >= 0.3 is 5.97 Å². The smallest absolute Gasteiger partial charge is 0.311 e. The number of esters is 1. The van der Waals surface area contributed by atoms with Crippen LogP contribution in [0.4, 0.5) is 5.69 Å². The Labute approximate surface area is 150 Å². The number of amides is 2. The summed E-state index contributed by atoms with van der Waals surface area (Å²) >= 11 is 5.85. The number of aromatic nitrogens is 1. The van der Waals surface area contributed by atoms with Crippen molar-refractivity contribution in [2.45, 2.75) is 38.1 Å². The van der Waals surface area contributed by atoms with Crippen molar-refractivity contribution < 1.29 is 19.1 Å². The van der Waals surface area contributed by atoms with Crippen LogP contribution in [0, 0.1) is 5.92 Å². The van der Waals surface area contributed by atoms with Gasteiger partial charge in [-0.15, -0.1) is 0 Å². The standard InChI is InChI=1S/C17H20ClN3O4/c18-16-13(6-3-7-19-16)20-14(22)10-25-17(24)11-8-15(23)21(9-11)12-4-1-2-5-12/h3,6-7,11-12H,1-2,4-5,8-10H2,(H,20,22)/t11-/m0/s1. The molecule has 1 aromatic rings. The number of nitrogens with zero attached hydrogens (tertiary/aromatic N) is 2. The zero-order valence-corrected chi connectivity index (χ0v) is 14.5. The molecule has 1 saturated heterocycles. The first kappa shape index (κ1) is 17.7. The number of hydrogen-bond acceptors (Lipinski definition) is 5. The van der Waals surface area contributed by atoms with Gasteiger partial charge in [0.15, 0.2) is 11.8 Å². The molecule has 25 heavy (non-hydrogen) atoms. The van der Waals surface area contributed by atoms with Crippen LogP contribution in [0.1, 0.15) is 32.1 Å². The van der Waals surface area contributed by atoms with Crippen LogP contribution in [0.5, 0.6) is 0 Å². The summed E-state index contributed by atoms with van der Waals surface area (Å²) in [5.41, 5.74) is 0.355. The third kappa shape index (κ3) is 4.28. The van der Waals surface area contributed by atoms with E-state index < -0.39 is 24.4 Å². The highest BCUT2D eigenvalue weighted by atomic mass is 35.5. The van der Waals surface area contributed by atoms with E-state index in [0.717, 1.165) is 25.7 Å². The second-order valence-corrected chi connectivity index (χ2v) is 6.74. The van der Waals surface area contributed by atoms with Crippen LogP contribution in [0.15, 0.2) is 18.3 Å². The minimum Gasteiger partial charge on any atom is -0.455 e. The number of hydrogen-bond donors (Lipinski definition) is 1. The molecular weight excluding hydrogens is 346 g/mol. The van der Waals surface area contributed by atoms with Crippen molar-refractivity contribution in [3.8, 4) is 0 Å². The lowest BCUT2D eigenvalue weighted by Crippen LogP contribution is -2.35. The quantitative estimate of drug-likeness (QED) is 0.637. The molecule has 1 aromatic heterocycles. The number of carbonyl (C=O) groups is 3. The Morgan fingerprint density at radius 3 is 2.84 bits per heavy atom. The Bertz CT molecular complexity index is 676. The van der Waals surface area contributed by atoms with E-state index in [2.05, 4.69) is 10.3 Å². The summed E-state index contributed by atoms with van der Waals surface area (Å²) in [4.78, 5) is 41.8. The average molecular weight is 366 g/mol. The molecule has 1 N–H and O–H groups in total. The van der Waals surface area contributed by atoms with Crippen LogP contribution in [-0.2, 0) is 19.1 Å². The lowest BCUT2D eigenvalue weighted by molar-refractivity contribution is -0.151. The summed E-state index contributed by atoms with van der Waals surface area (Å²) in [6.07, 6.45) is 5.92. The van der Waals surface area contributed by atoms with Gasteiger partial charge in [0.2, 0.25) is 5.91 Å². The summed E-state index contributed by atoms with van der Waals surface area (Å²) in [7, 11) is 0. The Morgan fingerprint density at radius 1 is 1.36 bits per heavy atom. The Hall–Kier alpha value is -2.15. The van der Waals surface area contributed by atoms with Crippen LogP contribution < -0.4 is 5.32 Å². The van der Waals surface area contributed by atoms with Gasteiger partial charge in [-0.2, -0.15) is 0 Å². The summed E-state index contributed by atoms with van der Waals surface area (Å²) in [6, 6.07) is 3.49. The van der Waals surface area contributed by atoms with E-state index in [-0.39, 0.29) is 23.5 Å². The molecule has 0 bridgehead atoms. The number of nitrogens with one attached hydrogen (secondary N) is 1. The SMILES string of the molecule is O=C(COC(=O)[C@H]1CC(=O)N(C2CCCC2)C1)Nc1cccnc1Cl. The number of ether oxygens (including phenoxy) is 1. The van der Waals surface area contributed by atoms with Gasteiger partial charge in [-0.1, -0.05) is 24.4 Å². The van der Waals surface area contributed by atoms with E-state index in [9.17, 15) is 14.4 Å². The molecule has 2 aliphatic rings. The molecule has 134 valence electrons. The van der Waals surface area contributed by atoms with Crippen molar-refractivity contribution in [3.63, 3.8) is 0 Å². The molecule has 2 fully saturated rings. The summed E-state index contributed by atoms with van der Waals surface area (Å²) < 4.78 is 5.07. The van der Waals surface area contributed by atoms with E-state index in [0.29, 0.717) is 12.2 Å². The van der Waals surface area contributed by atoms with Gasteiger partial charge in [0.25, 0.3) is 5.91 Å². The number of anilines is 1. The topological polar surface area (TPSA) is 88.6 Å². The van der Waals surface area contributed by atoms with Crippen LogP contribution >= 0.6 is 11.6 Å². The molecule has 1 atom stereocenters. The first-order valence-electron chi connectivity index (χ1n) is 8.41. The third-order valence-corrected chi connectivity index (χ3v) is 4.94. The highest BCUT2D eigenvalue weighted by Crippen LogP contribution is 2.29. The molecule has 1 saturated carbocycles. The predicted octanol–water partition coefficient (Wildman–Crippen LogP) is 2.01. The maximum absolute atomic E-state index is 12.2. The van der Waals surface area contributed by atoms with Gasteiger partial charge in [-0.25, -0.2) is 4.98 Å². The number of halogens is 1. The Kier molecular flexibility index (Phi) is 5.53. The van der Waals surface area contributed by atoms with Crippen LogP contribution in [0.3, 0.4) is 0 Å². The van der Waals surface area contributed by atoms with Crippen molar-refractivity contribution >= 4 is 35.1 Å². The molecule has 2 heterocycles. The van der Waals surface area contributed by atoms with Crippen LogP contribution in [0.2, 0.25) is 5.15 Å². The number of pyridine rings is 1. The van der Waals surface area contributed by atoms with E-state index in [4.69, 9.17) is 16.3 Å². The molecule has 1 aliphatic carbocycles. The molecule has 0 aromatic carbocycles. The van der Waals surface area contributed by atoms with Gasteiger partial charge in [0.1, 0.15) is 0 Å². The van der Waals surface area contributed by atoms with Gasteiger partial charge < -0.3 is 15.0 Å². The van der Waals surface area contributed by atoms with Crippen molar-refractivity contribution in [3.05, 3.63) is 23.5 Å². The largest absolute Gasteiger partial charge is 0.455 e. The molecular formula is C17H20ClN3O4. The van der Waals surface area contributed by atoms with Gasteiger partial charge in [-0.05, 0) is 25.0 Å². The lowest BCUT2D eigenvalue weighted by Gasteiger charge is -2.23. The van der Waals surface area contributed by atoms with E-state index in [1.807, 2.05) is 0 Å². The maximum Gasteiger partial charge on any atom is 0.311 e. The zero-order chi connectivity index (χ0) is 17.8. The fourth-order valence-corrected chi connectivity index (χ4v) is 3.55. The fraction of sp³-hybridized carbons (Fsp3) is 0.529. The molecule has 0 spiro atoms. The molecule has 1 aliphatic heterocycles. The monoisotopic (exact) mass is 365 g/mol. The third-order valence-electron chi connectivity index (χ3n) is 4.64. The van der Waals surface area contributed by atoms with E-state index >= 15 is 0 Å². The average Bonchev–Trinajstić information content (AvgIpc) is 3.24. The zero-order valence-electron chi connectivity index (χ0n) is 13.7. The number of carbonyl (C=O) groups excluding carboxylic acids is 3. The van der Waals surface area contributed by atoms with Crippen molar-refractivity contribution in [2.24, 2.45) is 5.92 Å². The van der Waals surface area contributed by atoms with Crippen molar-refractivity contribution in [2.75, 3.05) is 18.5 Å². The molecule has 3 rings (SSSR count).